The molecule has 0 aliphatic carbocycles. The van der Waals surface area contributed by atoms with Gasteiger partial charge in [-0.15, -0.1) is 0 Å². The zero-order valence-electron chi connectivity index (χ0n) is 16.0. The minimum Gasteiger partial charge on any atom is -0.545 e. The Balaban J connectivity index is 0.000000416. The van der Waals surface area contributed by atoms with Crippen LogP contribution in [-0.2, 0) is 26.8 Å². The highest BCUT2D eigenvalue weighted by Crippen LogP contribution is 2.21. The Kier molecular flexibility index (Phi) is 9.84. The van der Waals surface area contributed by atoms with Crippen molar-refractivity contribution in [2.24, 2.45) is 0 Å². The number of carboxylic acid groups (broad SMARTS) is 2. The van der Waals surface area contributed by atoms with E-state index >= 15 is 0 Å². The molecule has 0 bridgehead atoms. The second kappa shape index (κ2) is 11.8. The lowest BCUT2D eigenvalue weighted by Crippen LogP contribution is -2.27. The first-order valence-corrected chi connectivity index (χ1v) is 9.68. The molecule has 0 saturated heterocycles. The van der Waals surface area contributed by atoms with Gasteiger partial charge >= 0.3 is 0 Å². The van der Waals surface area contributed by atoms with Crippen LogP contribution in [0, 0.1) is 0 Å². The molecule has 2 aromatic carbocycles. The van der Waals surface area contributed by atoms with Crippen LogP contribution in [0.1, 0.15) is 12.5 Å². The molecule has 0 fully saturated rings. The standard InChI is InChI=1S/C17H21NOS.C4H4O4/c1-14(18(2)3)13-15-9-7-8-12-17(15)20(19)16-10-5-4-6-11-16;5-3(6)1-2-4(7)8/h4-12,14H,13H2,1-3H3;1-2H,(H,5,6)(H,7,8)/p-2/b;2-1-. The number of aliphatic carboxylic acids is 2. The van der Waals surface area contributed by atoms with E-state index in [0.717, 1.165) is 21.8 Å². The quantitative estimate of drug-likeness (QED) is 0.622. The number of benzene rings is 2. The monoisotopic (exact) mass is 401 g/mol. The van der Waals surface area contributed by atoms with Crippen LogP contribution in [0.15, 0.2) is 76.5 Å². The fraction of sp³-hybridized carbons (Fsp3) is 0.238. The average molecular weight is 401 g/mol. The maximum atomic E-state index is 12.7. The summed E-state index contributed by atoms with van der Waals surface area (Å²) in [5.74, 6) is -3.09. The van der Waals surface area contributed by atoms with E-state index in [1.54, 1.807) is 0 Å². The molecule has 6 nitrogen and oxygen atoms in total. The van der Waals surface area contributed by atoms with Crippen molar-refractivity contribution in [1.29, 1.82) is 0 Å². The van der Waals surface area contributed by atoms with E-state index in [9.17, 15) is 24.0 Å². The summed E-state index contributed by atoms with van der Waals surface area (Å²) >= 11 is 0. The molecule has 0 amide bonds. The first kappa shape index (κ1) is 23.3. The van der Waals surface area contributed by atoms with E-state index in [2.05, 4.69) is 32.0 Å². The van der Waals surface area contributed by atoms with E-state index in [-0.39, 0.29) is 0 Å². The first-order valence-electron chi connectivity index (χ1n) is 8.53. The number of nitrogens with zero attached hydrogens (tertiary/aromatic N) is 1. The van der Waals surface area contributed by atoms with E-state index in [4.69, 9.17) is 0 Å². The first-order chi connectivity index (χ1) is 13.2. The molecule has 150 valence electrons. The van der Waals surface area contributed by atoms with Crippen LogP contribution >= 0.6 is 0 Å². The molecule has 0 N–H and O–H groups in total. The Morgan fingerprint density at radius 1 is 0.964 bits per heavy atom. The highest BCUT2D eigenvalue weighted by atomic mass is 32.2. The number of carbonyl (C=O) groups excluding carboxylic acids is 2. The van der Waals surface area contributed by atoms with Gasteiger partial charge in [0.15, 0.2) is 0 Å². The Morgan fingerprint density at radius 2 is 1.46 bits per heavy atom. The molecule has 0 aliphatic heterocycles. The van der Waals surface area contributed by atoms with Gasteiger partial charge in [0.2, 0.25) is 0 Å². The van der Waals surface area contributed by atoms with Gasteiger partial charge in [-0.3, -0.25) is 0 Å². The van der Waals surface area contributed by atoms with Gasteiger partial charge in [-0.1, -0.05) is 36.4 Å². The predicted molar refractivity (Wildman–Crippen MR) is 104 cm³/mol. The maximum Gasteiger partial charge on any atom is 0.0852 e. The van der Waals surface area contributed by atoms with Gasteiger partial charge in [-0.05, 0) is 63.4 Å². The summed E-state index contributed by atoms with van der Waals surface area (Å²) in [6, 6.07) is 18.1. The molecule has 0 radical (unpaired) electrons. The minimum atomic E-state index is -1.55. The van der Waals surface area contributed by atoms with Crippen LogP contribution in [0.25, 0.3) is 0 Å². The van der Waals surface area contributed by atoms with Crippen molar-refractivity contribution in [3.63, 3.8) is 0 Å². The maximum absolute atomic E-state index is 12.7. The van der Waals surface area contributed by atoms with E-state index in [1.165, 1.54) is 0 Å². The van der Waals surface area contributed by atoms with Crippen LogP contribution in [0.4, 0.5) is 0 Å². The number of carbonyl (C=O) groups is 2. The third kappa shape index (κ3) is 8.28. The molecule has 0 aromatic heterocycles. The van der Waals surface area contributed by atoms with Crippen molar-refractivity contribution in [2.45, 2.75) is 29.2 Å². The molecule has 28 heavy (non-hydrogen) atoms. The Labute approximate surface area is 167 Å². The zero-order valence-corrected chi connectivity index (χ0v) is 16.8. The third-order valence-corrected chi connectivity index (χ3v) is 5.38. The average Bonchev–Trinajstić information content (AvgIpc) is 2.67. The highest BCUT2D eigenvalue weighted by Gasteiger charge is 2.14. The summed E-state index contributed by atoms with van der Waals surface area (Å²) in [6.45, 7) is 2.18. The Morgan fingerprint density at radius 3 is 1.96 bits per heavy atom. The zero-order chi connectivity index (χ0) is 21.1. The summed E-state index contributed by atoms with van der Waals surface area (Å²) in [4.78, 5) is 22.8. The van der Waals surface area contributed by atoms with Crippen molar-refractivity contribution in [3.8, 4) is 0 Å². The molecule has 2 rings (SSSR count). The van der Waals surface area contributed by atoms with Gasteiger partial charge in [0, 0.05) is 15.8 Å². The number of rotatable bonds is 7. The molecule has 2 aromatic rings. The lowest BCUT2D eigenvalue weighted by molar-refractivity contribution is -0.301. The summed E-state index contributed by atoms with van der Waals surface area (Å²) in [7, 11) is 3.04. The van der Waals surface area contributed by atoms with Gasteiger partial charge in [0.1, 0.15) is 0 Å². The van der Waals surface area contributed by atoms with Crippen LogP contribution < -0.4 is 10.2 Å². The smallest absolute Gasteiger partial charge is 0.0852 e. The molecular weight excluding hydrogens is 378 g/mol. The van der Waals surface area contributed by atoms with Crippen LogP contribution in [0.3, 0.4) is 0 Å². The fourth-order valence-electron chi connectivity index (χ4n) is 2.16. The van der Waals surface area contributed by atoms with Gasteiger partial charge in [-0.2, -0.15) is 0 Å². The molecule has 0 saturated carbocycles. The van der Waals surface area contributed by atoms with Crippen molar-refractivity contribution in [1.82, 2.24) is 4.90 Å². The largest absolute Gasteiger partial charge is 0.545 e. The highest BCUT2D eigenvalue weighted by molar-refractivity contribution is 7.85. The predicted octanol–water partition coefficient (Wildman–Crippen LogP) is 0.388. The summed E-state index contributed by atoms with van der Waals surface area (Å²) < 4.78 is 12.7. The number of hydrogen-bond acceptors (Lipinski definition) is 6. The fourth-order valence-corrected chi connectivity index (χ4v) is 3.41. The van der Waals surface area contributed by atoms with Crippen LogP contribution in [0.2, 0.25) is 0 Å². The second-order valence-electron chi connectivity index (χ2n) is 6.18. The topological polar surface area (TPSA) is 101 Å². The molecule has 2 atom stereocenters. The Hall–Kier alpha value is -2.77. The van der Waals surface area contributed by atoms with Gasteiger partial charge in [0.05, 0.1) is 22.7 Å². The van der Waals surface area contributed by atoms with E-state index in [1.807, 2.05) is 48.5 Å². The molecular formula is C21H23NO5S-2. The van der Waals surface area contributed by atoms with Crippen molar-refractivity contribution in [2.75, 3.05) is 14.1 Å². The Bertz CT molecular complexity index is 818. The van der Waals surface area contributed by atoms with Gasteiger partial charge in [-0.25, -0.2) is 4.21 Å². The molecule has 0 spiro atoms. The summed E-state index contributed by atoms with van der Waals surface area (Å²) in [5, 5.41) is 18.8. The molecule has 2 unspecified atom stereocenters. The number of carboxylic acids is 2. The van der Waals surface area contributed by atoms with Crippen LogP contribution in [0.5, 0.6) is 0 Å². The minimum absolute atomic E-state index is 0.384. The second-order valence-corrected chi connectivity index (χ2v) is 7.63. The number of hydrogen-bond donors (Lipinski definition) is 0. The van der Waals surface area contributed by atoms with Crippen LogP contribution in [-0.4, -0.2) is 41.2 Å². The summed E-state index contributed by atoms with van der Waals surface area (Å²) in [6.07, 6.45) is 1.67. The normalized spacial score (nSPS) is 12.9. The van der Waals surface area contributed by atoms with E-state index in [0.29, 0.717) is 18.2 Å². The summed E-state index contributed by atoms with van der Waals surface area (Å²) in [5.41, 5.74) is 1.16. The van der Waals surface area contributed by atoms with Crippen molar-refractivity contribution in [3.05, 3.63) is 72.3 Å². The lowest BCUT2D eigenvalue weighted by Gasteiger charge is -2.21. The van der Waals surface area contributed by atoms with Crippen molar-refractivity contribution < 1.29 is 24.0 Å². The third-order valence-electron chi connectivity index (χ3n) is 3.88. The van der Waals surface area contributed by atoms with Crippen molar-refractivity contribution >= 4 is 22.7 Å². The molecule has 0 aliphatic rings. The molecule has 7 heteroatoms. The molecule has 0 heterocycles. The number of likely N-dealkylation sites (N-methyl/N-ethyl adjacent to an activating group) is 1. The SMILES string of the molecule is CC(Cc1ccccc1S(=O)c1ccccc1)N(C)C.O=C([O-])/C=C\C(=O)[O-]. The van der Waals surface area contributed by atoms with Gasteiger partial charge in [0.25, 0.3) is 0 Å². The van der Waals surface area contributed by atoms with E-state index < -0.39 is 22.7 Å². The lowest BCUT2D eigenvalue weighted by atomic mass is 10.1. The van der Waals surface area contributed by atoms with Gasteiger partial charge < -0.3 is 24.7 Å².